The summed E-state index contributed by atoms with van der Waals surface area (Å²) < 4.78 is 31.6. The van der Waals surface area contributed by atoms with Gasteiger partial charge < -0.3 is 4.74 Å². The fraction of sp³-hybridized carbons (Fsp3) is 0.571. The second-order valence-corrected chi connectivity index (χ2v) is 7.64. The Morgan fingerprint density at radius 1 is 1.33 bits per heavy atom. The zero-order valence-electron chi connectivity index (χ0n) is 12.4. The Bertz CT molecular complexity index is 586. The van der Waals surface area contributed by atoms with E-state index in [2.05, 4.69) is 4.90 Å². The van der Waals surface area contributed by atoms with E-state index in [0.717, 1.165) is 18.7 Å². The molecule has 2 rings (SSSR count). The van der Waals surface area contributed by atoms with Gasteiger partial charge in [0.1, 0.15) is 0 Å². The maximum atomic E-state index is 12.5. The zero-order chi connectivity index (χ0) is 15.5. The van der Waals surface area contributed by atoms with Crippen molar-refractivity contribution >= 4 is 21.6 Å². The Labute approximate surface area is 131 Å². The molecular formula is C14H21ClN2O3S. The molecule has 0 aliphatic carbocycles. The first-order chi connectivity index (χ1) is 9.91. The summed E-state index contributed by atoms with van der Waals surface area (Å²) in [6.45, 7) is 6.13. The van der Waals surface area contributed by atoms with Crippen molar-refractivity contribution in [3.8, 4) is 0 Å². The van der Waals surface area contributed by atoms with Crippen LogP contribution in [-0.2, 0) is 14.8 Å². The smallest absolute Gasteiger partial charge is 0.242 e. The summed E-state index contributed by atoms with van der Waals surface area (Å²) in [6.07, 6.45) is 0. The van der Waals surface area contributed by atoms with Crippen LogP contribution >= 0.6 is 11.6 Å². The van der Waals surface area contributed by atoms with Crippen LogP contribution in [0.5, 0.6) is 0 Å². The molecule has 0 amide bonds. The molecule has 1 aromatic carbocycles. The van der Waals surface area contributed by atoms with Gasteiger partial charge in [0, 0.05) is 38.2 Å². The third kappa shape index (κ3) is 4.17. The van der Waals surface area contributed by atoms with Crippen LogP contribution < -0.4 is 0 Å². The second-order valence-electron chi connectivity index (χ2n) is 5.19. The number of ether oxygens (including phenoxy) is 1. The lowest BCUT2D eigenvalue weighted by Crippen LogP contribution is -2.41. The van der Waals surface area contributed by atoms with Crippen LogP contribution in [0.1, 0.15) is 5.56 Å². The normalized spacial score (nSPS) is 17.3. The lowest BCUT2D eigenvalue weighted by atomic mass is 10.2. The number of morpholine rings is 1. The Morgan fingerprint density at radius 3 is 2.62 bits per heavy atom. The van der Waals surface area contributed by atoms with Gasteiger partial charge in [0.15, 0.2) is 0 Å². The number of hydrogen-bond donors (Lipinski definition) is 0. The number of halogens is 1. The quantitative estimate of drug-likeness (QED) is 0.822. The molecule has 7 heteroatoms. The Morgan fingerprint density at radius 2 is 2.00 bits per heavy atom. The van der Waals surface area contributed by atoms with Crippen molar-refractivity contribution in [2.24, 2.45) is 0 Å². The number of nitrogens with zero attached hydrogens (tertiary/aromatic N) is 2. The highest BCUT2D eigenvalue weighted by Gasteiger charge is 2.22. The Kier molecular flexibility index (Phi) is 5.62. The predicted molar refractivity (Wildman–Crippen MR) is 83.3 cm³/mol. The van der Waals surface area contributed by atoms with E-state index in [-0.39, 0.29) is 4.90 Å². The molecule has 0 atom stereocenters. The zero-order valence-corrected chi connectivity index (χ0v) is 14.0. The highest BCUT2D eigenvalue weighted by molar-refractivity contribution is 7.89. The Balaban J connectivity index is 2.02. The lowest BCUT2D eigenvalue weighted by molar-refractivity contribution is 0.0368. The Hall–Kier alpha value is -0.660. The summed E-state index contributed by atoms with van der Waals surface area (Å²) in [4.78, 5) is 2.44. The largest absolute Gasteiger partial charge is 0.379 e. The van der Waals surface area contributed by atoms with Crippen LogP contribution in [0.15, 0.2) is 23.1 Å². The van der Waals surface area contributed by atoms with Crippen molar-refractivity contribution in [3.63, 3.8) is 0 Å². The van der Waals surface area contributed by atoms with Gasteiger partial charge in [0.05, 0.1) is 18.1 Å². The van der Waals surface area contributed by atoms with Crippen molar-refractivity contribution in [2.75, 3.05) is 46.4 Å². The molecule has 1 aliphatic heterocycles. The van der Waals surface area contributed by atoms with Crippen molar-refractivity contribution in [3.05, 3.63) is 28.8 Å². The van der Waals surface area contributed by atoms with Gasteiger partial charge in [-0.25, -0.2) is 8.42 Å². The molecule has 0 unspecified atom stereocenters. The first-order valence-electron chi connectivity index (χ1n) is 6.94. The summed E-state index contributed by atoms with van der Waals surface area (Å²) in [5, 5.41) is 0.470. The van der Waals surface area contributed by atoms with Crippen molar-refractivity contribution in [1.82, 2.24) is 9.21 Å². The highest BCUT2D eigenvalue weighted by Crippen LogP contribution is 2.22. The van der Waals surface area contributed by atoms with E-state index in [9.17, 15) is 8.42 Å². The average molecular weight is 333 g/mol. The summed E-state index contributed by atoms with van der Waals surface area (Å²) >= 11 is 6.02. The van der Waals surface area contributed by atoms with Gasteiger partial charge in [0.2, 0.25) is 10.0 Å². The minimum absolute atomic E-state index is 0.238. The number of sulfonamides is 1. The van der Waals surface area contributed by atoms with Crippen LogP contribution in [0.3, 0.4) is 0 Å². The first-order valence-corrected chi connectivity index (χ1v) is 8.75. The molecule has 0 N–H and O–H groups in total. The van der Waals surface area contributed by atoms with Gasteiger partial charge in [-0.1, -0.05) is 17.7 Å². The topological polar surface area (TPSA) is 49.9 Å². The minimum Gasteiger partial charge on any atom is -0.379 e. The molecule has 1 aromatic rings. The molecule has 1 saturated heterocycles. The summed E-state index contributed by atoms with van der Waals surface area (Å²) in [5.74, 6) is 0. The molecule has 0 radical (unpaired) electrons. The highest BCUT2D eigenvalue weighted by atomic mass is 35.5. The van der Waals surface area contributed by atoms with Crippen LogP contribution in [-0.4, -0.2) is 64.1 Å². The standard InChI is InChI=1S/C14H21ClN2O3S/c1-12-3-4-13(11-14(12)15)21(18,19)16(2)5-6-17-7-9-20-10-8-17/h3-4,11H,5-10H2,1-2H3. The fourth-order valence-electron chi connectivity index (χ4n) is 2.14. The van der Waals surface area contributed by atoms with Gasteiger partial charge in [-0.05, 0) is 24.6 Å². The number of aryl methyl sites for hydroxylation is 1. The molecule has 118 valence electrons. The molecule has 0 aromatic heterocycles. The number of hydrogen-bond acceptors (Lipinski definition) is 4. The van der Waals surface area contributed by atoms with Crippen LogP contribution in [0.4, 0.5) is 0 Å². The van der Waals surface area contributed by atoms with E-state index in [0.29, 0.717) is 31.3 Å². The van der Waals surface area contributed by atoms with Gasteiger partial charge in [-0.3, -0.25) is 4.90 Å². The van der Waals surface area contributed by atoms with E-state index in [1.54, 1.807) is 19.2 Å². The van der Waals surface area contributed by atoms with E-state index in [1.807, 2.05) is 6.92 Å². The molecule has 5 nitrogen and oxygen atoms in total. The molecule has 1 fully saturated rings. The van der Waals surface area contributed by atoms with Crippen LogP contribution in [0, 0.1) is 6.92 Å². The summed E-state index contributed by atoms with van der Waals surface area (Å²) in [5.41, 5.74) is 0.867. The number of rotatable bonds is 5. The van der Waals surface area contributed by atoms with E-state index < -0.39 is 10.0 Å². The third-order valence-electron chi connectivity index (χ3n) is 3.69. The van der Waals surface area contributed by atoms with Gasteiger partial charge in [-0.2, -0.15) is 4.31 Å². The monoisotopic (exact) mass is 332 g/mol. The minimum atomic E-state index is -3.49. The molecule has 0 spiro atoms. The van der Waals surface area contributed by atoms with Crippen molar-refractivity contribution in [2.45, 2.75) is 11.8 Å². The molecule has 0 bridgehead atoms. The van der Waals surface area contributed by atoms with Crippen molar-refractivity contribution in [1.29, 1.82) is 0 Å². The third-order valence-corrected chi connectivity index (χ3v) is 5.95. The maximum Gasteiger partial charge on any atom is 0.242 e. The van der Waals surface area contributed by atoms with E-state index >= 15 is 0 Å². The van der Waals surface area contributed by atoms with E-state index in [1.165, 1.54) is 10.4 Å². The van der Waals surface area contributed by atoms with E-state index in [4.69, 9.17) is 16.3 Å². The van der Waals surface area contributed by atoms with Gasteiger partial charge >= 0.3 is 0 Å². The number of likely N-dealkylation sites (N-methyl/N-ethyl adjacent to an activating group) is 1. The van der Waals surface area contributed by atoms with Gasteiger partial charge in [0.25, 0.3) is 0 Å². The summed E-state index contributed by atoms with van der Waals surface area (Å²) in [6, 6.07) is 4.84. The number of benzene rings is 1. The SMILES string of the molecule is Cc1ccc(S(=O)(=O)N(C)CCN2CCOCC2)cc1Cl. The maximum absolute atomic E-state index is 12.5. The second kappa shape index (κ2) is 7.07. The van der Waals surface area contributed by atoms with Crippen LogP contribution in [0.2, 0.25) is 5.02 Å². The van der Waals surface area contributed by atoms with Gasteiger partial charge in [-0.15, -0.1) is 0 Å². The predicted octanol–water partition coefficient (Wildman–Crippen LogP) is 1.60. The van der Waals surface area contributed by atoms with Crippen molar-refractivity contribution < 1.29 is 13.2 Å². The average Bonchev–Trinajstić information content (AvgIpc) is 2.48. The lowest BCUT2D eigenvalue weighted by Gasteiger charge is -2.28. The molecule has 1 aliphatic rings. The molecular weight excluding hydrogens is 312 g/mol. The molecule has 21 heavy (non-hydrogen) atoms. The molecule has 1 heterocycles. The fourth-order valence-corrected chi connectivity index (χ4v) is 3.58. The summed E-state index contributed by atoms with van der Waals surface area (Å²) in [7, 11) is -1.89. The van der Waals surface area contributed by atoms with Crippen LogP contribution in [0.25, 0.3) is 0 Å². The first kappa shape index (κ1) is 16.7. The molecule has 0 saturated carbocycles.